The number of para-hydroxylation sites is 1. The van der Waals surface area contributed by atoms with Crippen LogP contribution in [0.3, 0.4) is 0 Å². The van der Waals surface area contributed by atoms with Gasteiger partial charge in [0.1, 0.15) is 11.4 Å². The average Bonchev–Trinajstić information content (AvgIpc) is 2.56. The molecule has 0 spiro atoms. The highest BCUT2D eigenvalue weighted by Crippen LogP contribution is 2.23. The Kier molecular flexibility index (Phi) is 2.63. The highest BCUT2D eigenvalue weighted by Gasteiger charge is 2.13. The number of aromatic nitrogens is 3. The van der Waals surface area contributed by atoms with Crippen molar-refractivity contribution in [2.75, 3.05) is 7.11 Å². The van der Waals surface area contributed by atoms with Crippen molar-refractivity contribution in [2.45, 2.75) is 6.92 Å². The van der Waals surface area contributed by atoms with Crippen LogP contribution in [0.1, 0.15) is 5.56 Å². The van der Waals surface area contributed by atoms with Crippen LogP contribution in [-0.4, -0.2) is 21.5 Å². The molecule has 0 aliphatic carbocycles. The van der Waals surface area contributed by atoms with E-state index in [2.05, 4.69) is 5.10 Å². The zero-order valence-corrected chi connectivity index (χ0v) is 9.85. The van der Waals surface area contributed by atoms with Gasteiger partial charge in [0.15, 0.2) is 0 Å². The van der Waals surface area contributed by atoms with Crippen molar-refractivity contribution in [3.63, 3.8) is 0 Å². The maximum atomic E-state index is 11.8. The lowest BCUT2D eigenvalue weighted by molar-refractivity contribution is 0.411. The van der Waals surface area contributed by atoms with Crippen molar-refractivity contribution in [3.8, 4) is 11.4 Å². The summed E-state index contributed by atoms with van der Waals surface area (Å²) < 4.78 is 7.39. The van der Waals surface area contributed by atoms with Crippen LogP contribution in [0.15, 0.2) is 27.8 Å². The molecule has 2 rings (SSSR count). The monoisotopic (exact) mass is 235 g/mol. The lowest BCUT2D eigenvalue weighted by Crippen LogP contribution is -2.25. The van der Waals surface area contributed by atoms with E-state index >= 15 is 0 Å². The molecule has 0 aliphatic heterocycles. The van der Waals surface area contributed by atoms with Crippen LogP contribution in [0.2, 0.25) is 0 Å². The molecule has 0 radical (unpaired) electrons. The lowest BCUT2D eigenvalue weighted by atomic mass is 10.2. The number of aromatic amines is 1. The summed E-state index contributed by atoms with van der Waals surface area (Å²) in [4.78, 5) is 23.2. The van der Waals surface area contributed by atoms with Crippen LogP contribution in [-0.2, 0) is 7.05 Å². The molecule has 0 amide bonds. The molecule has 90 valence electrons. The van der Waals surface area contributed by atoms with Crippen LogP contribution >= 0.6 is 0 Å². The van der Waals surface area contributed by atoms with Gasteiger partial charge in [-0.05, 0) is 18.6 Å². The molecule has 1 N–H and O–H groups in total. The second-order valence-electron chi connectivity index (χ2n) is 3.72. The number of methoxy groups -OCH3 is 1. The van der Waals surface area contributed by atoms with Crippen molar-refractivity contribution in [1.29, 1.82) is 0 Å². The standard InChI is InChI=1S/C11H13N3O3/c1-7-5-4-6-8(17-3)9(7)14-11(16)13(2)10(15)12-14/h4-6H,1-3H3,(H,12,15). The van der Waals surface area contributed by atoms with E-state index < -0.39 is 11.4 Å². The maximum Gasteiger partial charge on any atom is 0.351 e. The van der Waals surface area contributed by atoms with Crippen LogP contribution in [0.25, 0.3) is 5.69 Å². The Morgan fingerprint density at radius 1 is 1.29 bits per heavy atom. The second kappa shape index (κ2) is 3.97. The van der Waals surface area contributed by atoms with Crippen molar-refractivity contribution in [3.05, 3.63) is 44.7 Å². The van der Waals surface area contributed by atoms with E-state index in [0.717, 1.165) is 10.1 Å². The summed E-state index contributed by atoms with van der Waals surface area (Å²) in [7, 11) is 2.94. The number of ether oxygens (including phenoxy) is 1. The normalized spacial score (nSPS) is 10.5. The van der Waals surface area contributed by atoms with Crippen LogP contribution in [0.5, 0.6) is 5.75 Å². The van der Waals surface area contributed by atoms with Gasteiger partial charge >= 0.3 is 11.4 Å². The lowest BCUT2D eigenvalue weighted by Gasteiger charge is -2.10. The number of H-pyrrole nitrogens is 1. The summed E-state index contributed by atoms with van der Waals surface area (Å²) in [5.41, 5.74) is 0.508. The molecule has 17 heavy (non-hydrogen) atoms. The molecule has 0 fully saturated rings. The van der Waals surface area contributed by atoms with Gasteiger partial charge in [-0.2, -0.15) is 4.68 Å². The Balaban J connectivity index is 2.81. The van der Waals surface area contributed by atoms with Crippen LogP contribution < -0.4 is 16.1 Å². The molecular weight excluding hydrogens is 222 g/mol. The van der Waals surface area contributed by atoms with E-state index in [1.165, 1.54) is 18.8 Å². The Bertz CT molecular complexity index is 663. The molecule has 0 atom stereocenters. The van der Waals surface area contributed by atoms with Gasteiger partial charge in [-0.25, -0.2) is 19.3 Å². The average molecular weight is 235 g/mol. The van der Waals surface area contributed by atoms with E-state index in [4.69, 9.17) is 4.74 Å². The molecule has 1 aromatic heterocycles. The number of nitrogens with zero attached hydrogens (tertiary/aromatic N) is 2. The minimum atomic E-state index is -0.458. The van der Waals surface area contributed by atoms with Crippen molar-refractivity contribution in [2.24, 2.45) is 7.05 Å². The third-order valence-corrected chi connectivity index (χ3v) is 2.63. The molecule has 0 bridgehead atoms. The van der Waals surface area contributed by atoms with Gasteiger partial charge in [-0.1, -0.05) is 12.1 Å². The highest BCUT2D eigenvalue weighted by molar-refractivity contribution is 5.51. The third kappa shape index (κ3) is 1.67. The summed E-state index contributed by atoms with van der Waals surface area (Å²) in [6, 6.07) is 5.40. The first-order chi connectivity index (χ1) is 8.06. The number of aryl methyl sites for hydroxylation is 1. The summed E-state index contributed by atoms with van der Waals surface area (Å²) in [5, 5.41) is 2.48. The highest BCUT2D eigenvalue weighted by atomic mass is 16.5. The van der Waals surface area contributed by atoms with E-state index in [9.17, 15) is 9.59 Å². The topological polar surface area (TPSA) is 69.0 Å². The van der Waals surface area contributed by atoms with Crippen molar-refractivity contribution >= 4 is 0 Å². The second-order valence-corrected chi connectivity index (χ2v) is 3.72. The van der Waals surface area contributed by atoms with Gasteiger partial charge in [-0.15, -0.1) is 0 Å². The number of hydrogen-bond acceptors (Lipinski definition) is 3. The van der Waals surface area contributed by atoms with E-state index in [1.54, 1.807) is 6.07 Å². The van der Waals surface area contributed by atoms with E-state index in [0.29, 0.717) is 11.4 Å². The predicted octanol–water partition coefficient (Wildman–Crippen LogP) is 0.181. The minimum Gasteiger partial charge on any atom is -0.494 e. The fraction of sp³-hybridized carbons (Fsp3) is 0.273. The first-order valence-corrected chi connectivity index (χ1v) is 5.08. The Morgan fingerprint density at radius 3 is 2.53 bits per heavy atom. The summed E-state index contributed by atoms with van der Waals surface area (Å²) in [5.74, 6) is 0.536. The maximum absolute atomic E-state index is 11.8. The molecule has 6 heteroatoms. The van der Waals surface area contributed by atoms with Crippen LogP contribution in [0.4, 0.5) is 0 Å². The molecule has 1 aromatic carbocycles. The van der Waals surface area contributed by atoms with Crippen molar-refractivity contribution in [1.82, 2.24) is 14.3 Å². The molecule has 0 saturated carbocycles. The number of nitrogens with one attached hydrogen (secondary N) is 1. The Hall–Kier alpha value is -2.24. The summed E-state index contributed by atoms with van der Waals surface area (Å²) in [6.07, 6.45) is 0. The molecule has 0 unspecified atom stereocenters. The fourth-order valence-electron chi connectivity index (χ4n) is 1.69. The van der Waals surface area contributed by atoms with Gasteiger partial charge < -0.3 is 4.74 Å². The summed E-state index contributed by atoms with van der Waals surface area (Å²) >= 11 is 0. The molecular formula is C11H13N3O3. The number of hydrogen-bond donors (Lipinski definition) is 1. The predicted molar refractivity (Wildman–Crippen MR) is 62.9 cm³/mol. The third-order valence-electron chi connectivity index (χ3n) is 2.63. The minimum absolute atomic E-state index is 0.428. The van der Waals surface area contributed by atoms with Gasteiger partial charge in [0.2, 0.25) is 0 Å². The Labute approximate surface area is 97.1 Å². The molecule has 0 saturated heterocycles. The first-order valence-electron chi connectivity index (χ1n) is 5.08. The van der Waals surface area contributed by atoms with E-state index in [-0.39, 0.29) is 0 Å². The van der Waals surface area contributed by atoms with Gasteiger partial charge in [-0.3, -0.25) is 0 Å². The van der Waals surface area contributed by atoms with Crippen LogP contribution in [0, 0.1) is 6.92 Å². The van der Waals surface area contributed by atoms with Crippen molar-refractivity contribution < 1.29 is 4.74 Å². The SMILES string of the molecule is COc1cccc(C)c1-n1[nH]c(=O)n(C)c1=O. The molecule has 2 aromatic rings. The van der Waals surface area contributed by atoms with Gasteiger partial charge in [0.25, 0.3) is 0 Å². The number of benzene rings is 1. The quantitative estimate of drug-likeness (QED) is 0.807. The fourth-order valence-corrected chi connectivity index (χ4v) is 1.69. The van der Waals surface area contributed by atoms with Gasteiger partial charge in [0.05, 0.1) is 7.11 Å². The van der Waals surface area contributed by atoms with Gasteiger partial charge in [0, 0.05) is 7.05 Å². The van der Waals surface area contributed by atoms with E-state index in [1.807, 2.05) is 19.1 Å². The molecule has 0 aliphatic rings. The zero-order chi connectivity index (χ0) is 12.6. The largest absolute Gasteiger partial charge is 0.494 e. The molecule has 1 heterocycles. The zero-order valence-electron chi connectivity index (χ0n) is 9.85. The summed E-state index contributed by atoms with van der Waals surface area (Å²) in [6.45, 7) is 1.84. The Morgan fingerprint density at radius 2 is 2.00 bits per heavy atom. The smallest absolute Gasteiger partial charge is 0.351 e. The number of rotatable bonds is 2. The molecule has 6 nitrogen and oxygen atoms in total. The first kappa shape index (κ1) is 11.3.